The van der Waals surface area contributed by atoms with Gasteiger partial charge in [0.15, 0.2) is 11.1 Å². The fraction of sp³-hybridized carbons (Fsp3) is 0.294. The van der Waals surface area contributed by atoms with Gasteiger partial charge in [-0.3, -0.25) is 18.7 Å². The molecule has 228 valence electrons. The summed E-state index contributed by atoms with van der Waals surface area (Å²) < 4.78 is 7.17. The molecule has 2 aliphatic rings. The van der Waals surface area contributed by atoms with Gasteiger partial charge in [-0.05, 0) is 60.4 Å². The quantitative estimate of drug-likeness (QED) is 0.318. The highest BCUT2D eigenvalue weighted by atomic mass is 32.1. The molecule has 4 heterocycles. The Morgan fingerprint density at radius 1 is 0.674 bits per heavy atom. The molecule has 0 atom stereocenters. The van der Waals surface area contributed by atoms with E-state index in [1.54, 1.807) is 22.7 Å². The van der Waals surface area contributed by atoms with Gasteiger partial charge < -0.3 is 0 Å². The highest BCUT2D eigenvalue weighted by molar-refractivity contribution is 7.29. The monoisotopic (exact) mass is 678 g/mol. The van der Waals surface area contributed by atoms with E-state index in [9.17, 15) is 30.6 Å². The van der Waals surface area contributed by atoms with Crippen molar-refractivity contribution in [3.05, 3.63) is 71.1 Å². The molecule has 0 aromatic carbocycles. The molecule has 0 saturated carbocycles. The number of hydrogen-bond acceptors (Lipinski definition) is 10. The number of hydrogen-bond donors (Lipinski definition) is 0. The van der Waals surface area contributed by atoms with Crippen LogP contribution in [0.4, 0.5) is 0 Å². The molecule has 0 unspecified atom stereocenters. The summed E-state index contributed by atoms with van der Waals surface area (Å²) in [4.78, 5) is 28.8. The first-order valence-corrected chi connectivity index (χ1v) is 17.7. The van der Waals surface area contributed by atoms with Crippen molar-refractivity contribution in [3.63, 3.8) is 0 Å². The lowest BCUT2D eigenvalue weighted by molar-refractivity contribution is 0.667. The Labute approximate surface area is 279 Å². The second-order valence-corrected chi connectivity index (χ2v) is 16.1. The van der Waals surface area contributed by atoms with Gasteiger partial charge in [0.05, 0.1) is 18.5 Å². The third kappa shape index (κ3) is 4.37. The van der Waals surface area contributed by atoms with E-state index in [4.69, 9.17) is 0 Å². The average molecular weight is 679 g/mol. The smallest absolute Gasteiger partial charge is 0.269 e. The lowest BCUT2D eigenvalue weighted by Gasteiger charge is -2.22. The van der Waals surface area contributed by atoms with E-state index in [0.29, 0.717) is 31.5 Å². The Balaban J connectivity index is 1.48. The van der Waals surface area contributed by atoms with E-state index in [2.05, 4.69) is 39.8 Å². The SMILES string of the molecule is CCn1c(=C(C#N)C#N)s/c(=C/C2=Cc3sc4c5c(sc4c3C2(C)C)C=C(/C=c2/sc(=C(C#N)C#N)n(CC)c2=O)C5(C)C)c1=O. The standard InChI is InChI=1S/C34H26N6O2S4/c1-7-39-29(41)23(45-31(39)17(13-35)14-36)11-19-9-21-25(33(19,3)4)27-28(43-21)26-22(44-27)10-20(34(26,5)6)12-24-30(42)40(8-2)32(46-24)18(15-37)16-38/h9-12H,7-8H2,1-6H3/b23-11+,24-12+. The Hall–Kier alpha value is -4.56. The number of allylic oxidation sites excluding steroid dienone is 2. The van der Waals surface area contributed by atoms with Crippen molar-refractivity contribution in [1.82, 2.24) is 9.13 Å². The summed E-state index contributed by atoms with van der Waals surface area (Å²) in [6.07, 6.45) is 8.11. The fourth-order valence-electron chi connectivity index (χ4n) is 6.24. The van der Waals surface area contributed by atoms with Gasteiger partial charge in [0.25, 0.3) is 11.1 Å². The van der Waals surface area contributed by atoms with E-state index in [1.807, 2.05) is 50.3 Å². The van der Waals surface area contributed by atoms with E-state index in [1.165, 1.54) is 52.3 Å². The molecule has 8 nitrogen and oxygen atoms in total. The fourth-order valence-corrected chi connectivity index (χ4v) is 11.9. The molecular weight excluding hydrogens is 653 g/mol. The van der Waals surface area contributed by atoms with Crippen LogP contribution in [0.2, 0.25) is 0 Å². The summed E-state index contributed by atoms with van der Waals surface area (Å²) in [5.41, 5.74) is 3.17. The van der Waals surface area contributed by atoms with Crippen LogP contribution in [0.1, 0.15) is 62.4 Å². The summed E-state index contributed by atoms with van der Waals surface area (Å²) in [7, 11) is 0. The largest absolute Gasteiger partial charge is 0.298 e. The van der Waals surface area contributed by atoms with Gasteiger partial charge in [-0.1, -0.05) is 27.7 Å². The van der Waals surface area contributed by atoms with Crippen molar-refractivity contribution in [2.45, 2.75) is 65.5 Å². The molecule has 0 fully saturated rings. The van der Waals surface area contributed by atoms with Crippen molar-refractivity contribution in [1.29, 1.82) is 21.0 Å². The summed E-state index contributed by atoms with van der Waals surface area (Å²) in [6.45, 7) is 13.0. The number of aromatic nitrogens is 2. The summed E-state index contributed by atoms with van der Waals surface area (Å²) in [6, 6.07) is 7.67. The van der Waals surface area contributed by atoms with Gasteiger partial charge in [-0.2, -0.15) is 21.0 Å². The van der Waals surface area contributed by atoms with E-state index >= 15 is 0 Å². The predicted molar refractivity (Wildman–Crippen MR) is 187 cm³/mol. The average Bonchev–Trinajstić information content (AvgIpc) is 3.80. The zero-order chi connectivity index (χ0) is 33.3. The second kappa shape index (κ2) is 11.1. The molecule has 0 spiro atoms. The Kier molecular flexibility index (Phi) is 7.55. The van der Waals surface area contributed by atoms with Crippen LogP contribution < -0.4 is 29.5 Å². The molecule has 0 radical (unpaired) electrons. The Bertz CT molecular complexity index is 2430. The zero-order valence-electron chi connectivity index (χ0n) is 25.9. The van der Waals surface area contributed by atoms with Crippen molar-refractivity contribution < 1.29 is 0 Å². The van der Waals surface area contributed by atoms with Crippen LogP contribution in [0.5, 0.6) is 0 Å². The minimum atomic E-state index is -0.381. The molecule has 4 aromatic heterocycles. The molecule has 2 aliphatic carbocycles. The second-order valence-electron chi connectivity index (χ2n) is 11.9. The van der Waals surface area contributed by atoms with Crippen LogP contribution in [-0.2, 0) is 23.9 Å². The van der Waals surface area contributed by atoms with Gasteiger partial charge in [0.1, 0.15) is 33.6 Å². The van der Waals surface area contributed by atoms with Gasteiger partial charge >= 0.3 is 0 Å². The molecule has 4 aromatic rings. The maximum absolute atomic E-state index is 13.3. The Morgan fingerprint density at radius 3 is 1.33 bits per heavy atom. The van der Waals surface area contributed by atoms with Crippen LogP contribution in [0.3, 0.4) is 0 Å². The molecular formula is C34H26N6O2S4. The minimum Gasteiger partial charge on any atom is -0.298 e. The summed E-state index contributed by atoms with van der Waals surface area (Å²) in [5.74, 6) is 0. The zero-order valence-corrected chi connectivity index (χ0v) is 29.1. The lowest BCUT2D eigenvalue weighted by Crippen LogP contribution is -2.31. The minimum absolute atomic E-state index is 0.0626. The first kappa shape index (κ1) is 31.4. The molecule has 12 heteroatoms. The summed E-state index contributed by atoms with van der Waals surface area (Å²) >= 11 is 5.83. The molecule has 6 rings (SSSR count). The number of thiazole rings is 2. The Morgan fingerprint density at radius 2 is 1.02 bits per heavy atom. The van der Waals surface area contributed by atoms with Crippen LogP contribution >= 0.6 is 45.3 Å². The van der Waals surface area contributed by atoms with Gasteiger partial charge in [-0.25, -0.2) is 0 Å². The number of rotatable bonds is 4. The van der Waals surface area contributed by atoms with E-state index in [0.717, 1.165) is 20.9 Å². The molecule has 0 amide bonds. The molecule has 0 bridgehead atoms. The molecule has 0 aliphatic heterocycles. The molecule has 0 saturated heterocycles. The maximum atomic E-state index is 13.3. The predicted octanol–water partition coefficient (Wildman–Crippen LogP) is 4.16. The highest BCUT2D eigenvalue weighted by Crippen LogP contribution is 2.58. The normalized spacial score (nSPS) is 16.3. The third-order valence-electron chi connectivity index (χ3n) is 8.74. The number of fused-ring (bicyclic) bond motifs is 5. The van der Waals surface area contributed by atoms with Crippen molar-refractivity contribution in [3.8, 4) is 24.3 Å². The van der Waals surface area contributed by atoms with Crippen molar-refractivity contribution in [2.75, 3.05) is 0 Å². The molecule has 0 N–H and O–H groups in total. The first-order chi connectivity index (χ1) is 21.9. The van der Waals surface area contributed by atoms with E-state index in [-0.39, 0.29) is 33.1 Å². The molecule has 46 heavy (non-hydrogen) atoms. The van der Waals surface area contributed by atoms with Crippen LogP contribution in [0, 0.1) is 45.3 Å². The van der Waals surface area contributed by atoms with Crippen LogP contribution in [0.15, 0.2) is 20.7 Å². The first-order valence-electron chi connectivity index (χ1n) is 14.4. The number of thiophene rings is 2. The van der Waals surface area contributed by atoms with Crippen molar-refractivity contribution in [2.24, 2.45) is 0 Å². The number of nitriles is 4. The van der Waals surface area contributed by atoms with E-state index < -0.39 is 0 Å². The highest BCUT2D eigenvalue weighted by Gasteiger charge is 2.41. The van der Waals surface area contributed by atoms with Gasteiger partial charge in [0.2, 0.25) is 0 Å². The summed E-state index contributed by atoms with van der Waals surface area (Å²) in [5, 5.41) is 37.7. The third-order valence-corrected chi connectivity index (χ3v) is 13.4. The van der Waals surface area contributed by atoms with Gasteiger partial charge in [-0.15, -0.1) is 45.3 Å². The number of nitrogens with zero attached hydrogens (tertiary/aromatic N) is 6. The topological polar surface area (TPSA) is 139 Å². The maximum Gasteiger partial charge on any atom is 0.269 e. The van der Waals surface area contributed by atoms with Crippen LogP contribution in [0.25, 0.3) is 44.9 Å². The lowest BCUT2D eigenvalue weighted by atomic mass is 9.80. The van der Waals surface area contributed by atoms with Crippen molar-refractivity contribution >= 4 is 90.2 Å². The van der Waals surface area contributed by atoms with Gasteiger partial charge in [0, 0.05) is 33.7 Å². The van der Waals surface area contributed by atoms with Crippen LogP contribution in [-0.4, -0.2) is 9.13 Å².